The Morgan fingerprint density at radius 3 is 2.20 bits per heavy atom. The van der Waals surface area contributed by atoms with E-state index in [0.29, 0.717) is 37.6 Å². The first kappa shape index (κ1) is 26.0. The molecule has 0 radical (unpaired) electrons. The summed E-state index contributed by atoms with van der Waals surface area (Å²) in [5, 5.41) is 10.7. The molecule has 8 heteroatoms. The van der Waals surface area contributed by atoms with Crippen LogP contribution in [0.2, 0.25) is 0 Å². The third kappa shape index (κ3) is 6.58. The van der Waals surface area contributed by atoms with Crippen LogP contribution in [0.25, 0.3) is 0 Å². The molecule has 0 saturated carbocycles. The number of sulfonamides is 1. The quantitative estimate of drug-likeness (QED) is 0.425. The molecule has 1 N–H and O–H groups in total. The zero-order valence-electron chi connectivity index (χ0n) is 19.8. The van der Waals surface area contributed by atoms with Gasteiger partial charge in [0, 0.05) is 37.2 Å². The average Bonchev–Trinajstić information content (AvgIpc) is 2.86. The van der Waals surface area contributed by atoms with Gasteiger partial charge in [0.15, 0.2) is 0 Å². The smallest absolute Gasteiger partial charge is 0.243 e. The van der Waals surface area contributed by atoms with Gasteiger partial charge in [-0.3, -0.25) is 4.90 Å². The summed E-state index contributed by atoms with van der Waals surface area (Å²) < 4.78 is 34.5. The molecule has 3 aromatic rings. The summed E-state index contributed by atoms with van der Waals surface area (Å²) in [5.74, 6) is 0. The zero-order chi connectivity index (χ0) is 24.8. The first-order chi connectivity index (χ1) is 16.8. The van der Waals surface area contributed by atoms with E-state index in [0.717, 1.165) is 21.2 Å². The Morgan fingerprint density at radius 2 is 1.54 bits per heavy atom. The third-order valence-electron chi connectivity index (χ3n) is 6.28. The topological polar surface area (TPSA) is 70.1 Å². The average molecular weight is 560 g/mol. The Hall–Kier alpha value is -2.07. The van der Waals surface area contributed by atoms with Crippen LogP contribution in [0.5, 0.6) is 0 Å². The van der Waals surface area contributed by atoms with E-state index < -0.39 is 16.1 Å². The van der Waals surface area contributed by atoms with Crippen molar-refractivity contribution in [2.45, 2.75) is 24.0 Å². The van der Waals surface area contributed by atoms with Crippen molar-refractivity contribution in [1.29, 1.82) is 0 Å². The standard InChI is InChI=1S/C27H31BrN2O4S/c1-21-7-5-6-10-26(21)27(22-8-3-2-4-9-22)34-20-24(31)19-29-15-17-30(18-16-29)35(32,33)25-13-11-23(28)12-14-25/h2-14,24,27,31H,15-20H2,1H3/t24-,27+/m0/s1. The molecule has 0 aliphatic carbocycles. The van der Waals surface area contributed by atoms with Gasteiger partial charge in [-0.15, -0.1) is 0 Å². The lowest BCUT2D eigenvalue weighted by Gasteiger charge is -2.35. The van der Waals surface area contributed by atoms with Gasteiger partial charge >= 0.3 is 0 Å². The van der Waals surface area contributed by atoms with Crippen molar-refractivity contribution in [1.82, 2.24) is 9.21 Å². The Balaban J connectivity index is 1.33. The molecule has 3 aromatic carbocycles. The Kier molecular flexibility index (Phi) is 8.75. The largest absolute Gasteiger partial charge is 0.389 e. The Morgan fingerprint density at radius 1 is 0.914 bits per heavy atom. The van der Waals surface area contributed by atoms with E-state index in [1.807, 2.05) is 42.5 Å². The molecule has 4 rings (SSSR count). The summed E-state index contributed by atoms with van der Waals surface area (Å²) >= 11 is 3.34. The van der Waals surface area contributed by atoms with Gasteiger partial charge in [-0.2, -0.15) is 4.31 Å². The van der Waals surface area contributed by atoms with Crippen molar-refractivity contribution in [3.63, 3.8) is 0 Å². The lowest BCUT2D eigenvalue weighted by atomic mass is 9.97. The third-order valence-corrected chi connectivity index (χ3v) is 8.72. The van der Waals surface area contributed by atoms with Crippen LogP contribution < -0.4 is 0 Å². The van der Waals surface area contributed by atoms with Gasteiger partial charge < -0.3 is 9.84 Å². The lowest BCUT2D eigenvalue weighted by Crippen LogP contribution is -2.50. The van der Waals surface area contributed by atoms with E-state index in [1.54, 1.807) is 24.3 Å². The van der Waals surface area contributed by atoms with Crippen LogP contribution in [0, 0.1) is 6.92 Å². The molecule has 1 aliphatic rings. The summed E-state index contributed by atoms with van der Waals surface area (Å²) in [4.78, 5) is 2.39. The van der Waals surface area contributed by atoms with E-state index in [9.17, 15) is 13.5 Å². The monoisotopic (exact) mass is 558 g/mol. The van der Waals surface area contributed by atoms with Gasteiger partial charge in [0.1, 0.15) is 6.10 Å². The maximum Gasteiger partial charge on any atom is 0.243 e. The van der Waals surface area contributed by atoms with E-state index in [2.05, 4.69) is 39.9 Å². The number of hydrogen-bond acceptors (Lipinski definition) is 5. The molecule has 0 aromatic heterocycles. The summed E-state index contributed by atoms with van der Waals surface area (Å²) in [7, 11) is -3.52. The van der Waals surface area contributed by atoms with Crippen LogP contribution in [0.4, 0.5) is 0 Å². The predicted octanol–water partition coefficient (Wildman–Crippen LogP) is 4.23. The lowest BCUT2D eigenvalue weighted by molar-refractivity contribution is -0.0118. The molecule has 35 heavy (non-hydrogen) atoms. The number of ether oxygens (including phenoxy) is 1. The molecular weight excluding hydrogens is 528 g/mol. The summed E-state index contributed by atoms with van der Waals surface area (Å²) in [6.45, 7) is 4.59. The second-order valence-corrected chi connectivity index (χ2v) is 11.6. The SMILES string of the molecule is Cc1ccccc1[C@H](OC[C@@H](O)CN1CCN(S(=O)(=O)c2ccc(Br)cc2)CC1)c1ccccc1. The van der Waals surface area contributed by atoms with Gasteiger partial charge in [-0.05, 0) is 47.9 Å². The fraction of sp³-hybridized carbons (Fsp3) is 0.333. The number of halogens is 1. The number of hydrogen-bond donors (Lipinski definition) is 1. The van der Waals surface area contributed by atoms with Gasteiger partial charge in [0.25, 0.3) is 0 Å². The van der Waals surface area contributed by atoms with Crippen molar-refractivity contribution in [3.05, 3.63) is 100 Å². The minimum Gasteiger partial charge on any atom is -0.389 e. The van der Waals surface area contributed by atoms with E-state index in [1.165, 1.54) is 4.31 Å². The highest BCUT2D eigenvalue weighted by molar-refractivity contribution is 9.10. The molecular formula is C27H31BrN2O4S. The summed E-state index contributed by atoms with van der Waals surface area (Å²) in [6.07, 6.45) is -0.945. The molecule has 0 unspecified atom stereocenters. The molecule has 0 bridgehead atoms. The van der Waals surface area contributed by atoms with Gasteiger partial charge in [-0.25, -0.2) is 8.42 Å². The van der Waals surface area contributed by atoms with E-state index in [-0.39, 0.29) is 12.7 Å². The first-order valence-corrected chi connectivity index (χ1v) is 14.0. The Labute approximate surface area is 216 Å². The summed E-state index contributed by atoms with van der Waals surface area (Å²) in [5.41, 5.74) is 3.26. The maximum absolute atomic E-state index is 12.9. The molecule has 0 spiro atoms. The molecule has 1 fully saturated rings. The minimum absolute atomic E-state index is 0.186. The first-order valence-electron chi connectivity index (χ1n) is 11.7. The number of piperazine rings is 1. The van der Waals surface area contributed by atoms with E-state index >= 15 is 0 Å². The van der Waals surface area contributed by atoms with Crippen LogP contribution in [0.15, 0.2) is 88.2 Å². The molecule has 1 saturated heterocycles. The predicted molar refractivity (Wildman–Crippen MR) is 141 cm³/mol. The second kappa shape index (κ2) is 11.8. The molecule has 6 nitrogen and oxygen atoms in total. The number of benzene rings is 3. The fourth-order valence-electron chi connectivity index (χ4n) is 4.34. The van der Waals surface area contributed by atoms with Crippen molar-refractivity contribution in [2.24, 2.45) is 0 Å². The molecule has 186 valence electrons. The Bertz CT molecular complexity index is 1200. The number of aliphatic hydroxyl groups excluding tert-OH is 1. The maximum atomic E-state index is 12.9. The van der Waals surface area contributed by atoms with Crippen LogP contribution in [-0.2, 0) is 14.8 Å². The highest BCUT2D eigenvalue weighted by Crippen LogP contribution is 2.28. The highest BCUT2D eigenvalue weighted by atomic mass is 79.9. The number of rotatable bonds is 9. The van der Waals surface area contributed by atoms with Crippen molar-refractivity contribution < 1.29 is 18.3 Å². The van der Waals surface area contributed by atoms with Crippen LogP contribution in [-0.4, -0.2) is 68.2 Å². The number of aliphatic hydroxyl groups is 1. The summed E-state index contributed by atoms with van der Waals surface area (Å²) in [6, 6.07) is 24.9. The normalized spacial score (nSPS) is 17.2. The van der Waals surface area contributed by atoms with Gasteiger partial charge in [0.05, 0.1) is 17.6 Å². The molecule has 1 heterocycles. The fourth-order valence-corrected chi connectivity index (χ4v) is 6.03. The molecule has 0 amide bonds. The highest BCUT2D eigenvalue weighted by Gasteiger charge is 2.29. The van der Waals surface area contributed by atoms with Crippen LogP contribution in [0.1, 0.15) is 22.8 Å². The van der Waals surface area contributed by atoms with E-state index in [4.69, 9.17) is 4.74 Å². The molecule has 2 atom stereocenters. The number of nitrogens with zero attached hydrogens (tertiary/aromatic N) is 2. The van der Waals surface area contributed by atoms with Crippen molar-refractivity contribution in [2.75, 3.05) is 39.3 Å². The van der Waals surface area contributed by atoms with Gasteiger partial charge in [0.2, 0.25) is 10.0 Å². The van der Waals surface area contributed by atoms with Gasteiger partial charge in [-0.1, -0.05) is 70.5 Å². The van der Waals surface area contributed by atoms with Crippen LogP contribution in [0.3, 0.4) is 0 Å². The second-order valence-electron chi connectivity index (χ2n) is 8.79. The number of aryl methyl sites for hydroxylation is 1. The minimum atomic E-state index is -3.52. The van der Waals surface area contributed by atoms with Crippen LogP contribution >= 0.6 is 15.9 Å². The molecule has 1 aliphatic heterocycles. The zero-order valence-corrected chi connectivity index (χ0v) is 22.2. The van der Waals surface area contributed by atoms with Crippen molar-refractivity contribution >= 4 is 26.0 Å². The van der Waals surface area contributed by atoms with Crippen molar-refractivity contribution in [3.8, 4) is 0 Å². The number of β-amino-alcohol motifs (C(OH)–C–C–N with tert-alkyl or cyclic N) is 1.